The van der Waals surface area contributed by atoms with Gasteiger partial charge in [0.2, 0.25) is 0 Å². The maximum Gasteiger partial charge on any atom is 0.114 e. The van der Waals surface area contributed by atoms with Crippen molar-refractivity contribution in [3.8, 4) is 0 Å². The average molecular weight is 357 g/mol. The zero-order chi connectivity index (χ0) is 19.4. The molecule has 1 aliphatic carbocycles. The Labute approximate surface area is 166 Å². The first kappa shape index (κ1) is 19.5. The molecule has 0 bridgehead atoms. The van der Waals surface area contributed by atoms with Gasteiger partial charge in [-0.2, -0.15) is 0 Å². The van der Waals surface area contributed by atoms with Crippen LogP contribution in [-0.2, 0) is 0 Å². The molecule has 0 spiro atoms. The monoisotopic (exact) mass is 357 g/mol. The molecule has 1 aliphatic heterocycles. The minimum Gasteiger partial charge on any atom is -0.381 e. The first-order valence-corrected chi connectivity index (χ1v) is 10.2. The van der Waals surface area contributed by atoms with Gasteiger partial charge in [0.15, 0.2) is 0 Å². The molecule has 0 radical (unpaired) electrons. The molecule has 27 heavy (non-hydrogen) atoms. The van der Waals surface area contributed by atoms with Crippen molar-refractivity contribution in [1.82, 2.24) is 5.32 Å². The average Bonchev–Trinajstić information content (AvgIpc) is 2.68. The summed E-state index contributed by atoms with van der Waals surface area (Å²) in [7, 11) is 2.29. The number of hydrogen-bond acceptors (Lipinski definition) is 1. The van der Waals surface area contributed by atoms with Gasteiger partial charge in [0.05, 0.1) is 6.04 Å². The SMILES string of the molecule is BC(C)(C)C1=CC(C2=CC(c3ccccc3)=CCC2C(C)=CCC)NC=C1. The molecule has 140 valence electrons. The number of benzene rings is 1. The second-order valence-corrected chi connectivity index (χ2v) is 8.66. The molecule has 0 fully saturated rings. The molecule has 1 aromatic rings. The summed E-state index contributed by atoms with van der Waals surface area (Å²) in [5, 5.41) is 3.77. The van der Waals surface area contributed by atoms with Crippen LogP contribution in [0.1, 0.15) is 46.1 Å². The van der Waals surface area contributed by atoms with Crippen molar-refractivity contribution in [3.63, 3.8) is 0 Å². The van der Waals surface area contributed by atoms with Crippen molar-refractivity contribution in [1.29, 1.82) is 0 Å². The summed E-state index contributed by atoms with van der Waals surface area (Å²) < 4.78 is 0. The molecule has 2 unspecified atom stereocenters. The summed E-state index contributed by atoms with van der Waals surface area (Å²) in [5.41, 5.74) is 7.00. The van der Waals surface area contributed by atoms with Gasteiger partial charge >= 0.3 is 0 Å². The normalized spacial score (nSPS) is 23.3. The van der Waals surface area contributed by atoms with Crippen molar-refractivity contribution in [2.75, 3.05) is 0 Å². The summed E-state index contributed by atoms with van der Waals surface area (Å²) in [6, 6.07) is 11.0. The van der Waals surface area contributed by atoms with E-state index in [0.717, 1.165) is 12.8 Å². The van der Waals surface area contributed by atoms with Crippen LogP contribution in [0, 0.1) is 5.92 Å². The van der Waals surface area contributed by atoms with Gasteiger partial charge in [-0.25, -0.2) is 0 Å². The standard InChI is InChI=1S/C25H32BN/c1-5-9-18(2)22-13-12-20(19-10-7-6-8-11-19)16-23(22)24-17-21(14-15-27-24)25(3,4)26/h6-12,14-17,22,24,27H,5,13,26H2,1-4H3. The molecule has 0 aromatic heterocycles. The third-order valence-corrected chi connectivity index (χ3v) is 5.59. The number of allylic oxidation sites excluding steroid dienone is 7. The molecule has 2 atom stereocenters. The Morgan fingerprint density at radius 2 is 2.00 bits per heavy atom. The van der Waals surface area contributed by atoms with Crippen molar-refractivity contribution < 1.29 is 0 Å². The van der Waals surface area contributed by atoms with Gasteiger partial charge in [0.25, 0.3) is 0 Å². The molecule has 1 heterocycles. The van der Waals surface area contributed by atoms with Gasteiger partial charge in [0, 0.05) is 5.92 Å². The number of nitrogens with one attached hydrogen (secondary N) is 1. The van der Waals surface area contributed by atoms with Crippen LogP contribution in [0.2, 0.25) is 5.31 Å². The summed E-state index contributed by atoms with van der Waals surface area (Å²) >= 11 is 0. The first-order chi connectivity index (χ1) is 12.9. The maximum absolute atomic E-state index is 3.61. The minimum atomic E-state index is 0.161. The highest BCUT2D eigenvalue weighted by Crippen LogP contribution is 2.39. The van der Waals surface area contributed by atoms with Crippen molar-refractivity contribution in [3.05, 3.63) is 89.2 Å². The van der Waals surface area contributed by atoms with Gasteiger partial charge in [-0.3, -0.25) is 0 Å². The topological polar surface area (TPSA) is 12.0 Å². The lowest BCUT2D eigenvalue weighted by Crippen LogP contribution is -2.32. The second-order valence-electron chi connectivity index (χ2n) is 8.66. The molecule has 0 saturated heterocycles. The highest BCUT2D eigenvalue weighted by Gasteiger charge is 2.28. The Bertz CT molecular complexity index is 816. The van der Waals surface area contributed by atoms with E-state index < -0.39 is 0 Å². The van der Waals surface area contributed by atoms with E-state index in [2.05, 4.69) is 108 Å². The Morgan fingerprint density at radius 1 is 1.26 bits per heavy atom. The third kappa shape index (κ3) is 4.55. The predicted octanol–water partition coefficient (Wildman–Crippen LogP) is 5.62. The molecule has 0 amide bonds. The zero-order valence-electron chi connectivity index (χ0n) is 17.4. The molecule has 0 saturated carbocycles. The zero-order valence-corrected chi connectivity index (χ0v) is 17.4. The summed E-state index contributed by atoms with van der Waals surface area (Å²) in [4.78, 5) is 0. The summed E-state index contributed by atoms with van der Waals surface area (Å²) in [6.07, 6.45) is 16.1. The molecule has 1 nitrogen and oxygen atoms in total. The van der Waals surface area contributed by atoms with E-state index in [1.165, 1.54) is 27.9 Å². The lowest BCUT2D eigenvalue weighted by molar-refractivity contribution is 0.620. The van der Waals surface area contributed by atoms with Gasteiger partial charge in [-0.15, -0.1) is 0 Å². The lowest BCUT2D eigenvalue weighted by atomic mass is 9.65. The van der Waals surface area contributed by atoms with Gasteiger partial charge in [0.1, 0.15) is 7.85 Å². The smallest absolute Gasteiger partial charge is 0.114 e. The van der Waals surface area contributed by atoms with Crippen LogP contribution < -0.4 is 5.32 Å². The van der Waals surface area contributed by atoms with E-state index in [1.807, 2.05) is 0 Å². The lowest BCUT2D eigenvalue weighted by Gasteiger charge is -2.33. The van der Waals surface area contributed by atoms with E-state index in [0.29, 0.717) is 5.92 Å². The number of rotatable bonds is 5. The van der Waals surface area contributed by atoms with Crippen molar-refractivity contribution in [2.45, 2.75) is 51.9 Å². The van der Waals surface area contributed by atoms with Crippen molar-refractivity contribution in [2.24, 2.45) is 5.92 Å². The van der Waals surface area contributed by atoms with Crippen LogP contribution in [0.3, 0.4) is 0 Å². The summed E-state index contributed by atoms with van der Waals surface area (Å²) in [5.74, 6) is 0.471. The Morgan fingerprint density at radius 3 is 2.67 bits per heavy atom. The Hall–Kier alpha value is -2.22. The van der Waals surface area contributed by atoms with Crippen LogP contribution in [-0.4, -0.2) is 13.9 Å². The Balaban J connectivity index is 2.01. The van der Waals surface area contributed by atoms with Gasteiger partial charge in [-0.05, 0) is 54.1 Å². The van der Waals surface area contributed by atoms with E-state index in [9.17, 15) is 0 Å². The minimum absolute atomic E-state index is 0.161. The predicted molar refractivity (Wildman–Crippen MR) is 121 cm³/mol. The fraction of sp³-hybridized carbons (Fsp3) is 0.360. The number of dihydropyridines is 1. The molecular formula is C25H32BN. The molecule has 1 aromatic carbocycles. The summed E-state index contributed by atoms with van der Waals surface area (Å²) in [6.45, 7) is 9.09. The number of hydrogen-bond donors (Lipinski definition) is 1. The van der Waals surface area contributed by atoms with Crippen LogP contribution in [0.4, 0.5) is 0 Å². The molecule has 3 rings (SSSR count). The molecule has 2 heteroatoms. The van der Waals surface area contributed by atoms with Crippen LogP contribution in [0.5, 0.6) is 0 Å². The maximum atomic E-state index is 3.61. The highest BCUT2D eigenvalue weighted by molar-refractivity contribution is 6.17. The van der Waals surface area contributed by atoms with E-state index in [-0.39, 0.29) is 11.4 Å². The molecule has 2 aliphatic rings. The van der Waals surface area contributed by atoms with Crippen molar-refractivity contribution >= 4 is 13.4 Å². The largest absolute Gasteiger partial charge is 0.381 e. The van der Waals surface area contributed by atoms with Crippen LogP contribution in [0.15, 0.2) is 83.6 Å². The third-order valence-electron chi connectivity index (χ3n) is 5.59. The second kappa shape index (κ2) is 8.21. The molecule has 1 N–H and O–H groups in total. The van der Waals surface area contributed by atoms with Gasteiger partial charge in [-0.1, -0.05) is 86.6 Å². The van der Waals surface area contributed by atoms with E-state index in [4.69, 9.17) is 0 Å². The fourth-order valence-corrected chi connectivity index (χ4v) is 3.99. The van der Waals surface area contributed by atoms with Crippen LogP contribution in [0.25, 0.3) is 5.57 Å². The highest BCUT2D eigenvalue weighted by atomic mass is 14.9. The Kier molecular flexibility index (Phi) is 5.94. The fourth-order valence-electron chi connectivity index (χ4n) is 3.99. The molecular weight excluding hydrogens is 325 g/mol. The van der Waals surface area contributed by atoms with Gasteiger partial charge < -0.3 is 5.32 Å². The van der Waals surface area contributed by atoms with E-state index >= 15 is 0 Å². The van der Waals surface area contributed by atoms with E-state index in [1.54, 1.807) is 0 Å². The quantitative estimate of drug-likeness (QED) is 0.533. The first-order valence-electron chi connectivity index (χ1n) is 10.2. The van der Waals surface area contributed by atoms with Crippen LogP contribution >= 0.6 is 0 Å².